The van der Waals surface area contributed by atoms with E-state index in [2.05, 4.69) is 4.74 Å². The van der Waals surface area contributed by atoms with E-state index in [1.165, 1.54) is 7.11 Å². The van der Waals surface area contributed by atoms with Crippen LogP contribution in [0.2, 0.25) is 5.02 Å². The summed E-state index contributed by atoms with van der Waals surface area (Å²) in [6, 6.07) is 7.50. The summed E-state index contributed by atoms with van der Waals surface area (Å²) in [4.78, 5) is 11.0. The van der Waals surface area contributed by atoms with Crippen molar-refractivity contribution in [2.45, 2.75) is 19.3 Å². The third-order valence-electron chi connectivity index (χ3n) is 2.14. The summed E-state index contributed by atoms with van der Waals surface area (Å²) in [7, 11) is 1.40. The van der Waals surface area contributed by atoms with E-state index in [0.29, 0.717) is 11.4 Å². The number of carbonyl (C=O) groups excluding carboxylic acids is 1. The predicted molar refractivity (Wildman–Crippen MR) is 56.5 cm³/mol. The van der Waals surface area contributed by atoms with Gasteiger partial charge in [0, 0.05) is 5.02 Å². The van der Waals surface area contributed by atoms with Crippen molar-refractivity contribution in [2.75, 3.05) is 7.11 Å². The number of halogens is 1. The van der Waals surface area contributed by atoms with Crippen molar-refractivity contribution in [2.24, 2.45) is 0 Å². The maximum Gasteiger partial charge on any atom is 0.306 e. The minimum atomic E-state index is -0.188. The van der Waals surface area contributed by atoms with Crippen LogP contribution in [0.15, 0.2) is 24.3 Å². The molecular weight excluding hydrogens is 200 g/mol. The van der Waals surface area contributed by atoms with Gasteiger partial charge in [0.05, 0.1) is 13.5 Å². The Balaban J connectivity index is 2.65. The first-order chi connectivity index (χ1) is 6.63. The van der Waals surface area contributed by atoms with Crippen LogP contribution in [0.3, 0.4) is 0 Å². The minimum Gasteiger partial charge on any atom is -0.469 e. The smallest absolute Gasteiger partial charge is 0.306 e. The van der Waals surface area contributed by atoms with Crippen LogP contribution in [-0.4, -0.2) is 13.1 Å². The van der Waals surface area contributed by atoms with Gasteiger partial charge in [-0.15, -0.1) is 0 Å². The third-order valence-corrected chi connectivity index (χ3v) is 2.39. The number of hydrogen-bond donors (Lipinski definition) is 0. The number of hydrogen-bond acceptors (Lipinski definition) is 2. The van der Waals surface area contributed by atoms with Crippen LogP contribution in [0.4, 0.5) is 0 Å². The molecule has 0 heterocycles. The molecule has 0 aliphatic carbocycles. The average molecular weight is 213 g/mol. The second kappa shape index (κ2) is 5.01. The van der Waals surface area contributed by atoms with Gasteiger partial charge in [0.2, 0.25) is 0 Å². The molecule has 1 aromatic carbocycles. The zero-order valence-electron chi connectivity index (χ0n) is 8.29. The standard InChI is InChI=1S/C11H13ClO2/c1-8(7-11(13)14-2)9-3-5-10(12)6-4-9/h3-6,8H,7H2,1-2H3. The quantitative estimate of drug-likeness (QED) is 0.720. The highest BCUT2D eigenvalue weighted by molar-refractivity contribution is 6.30. The summed E-state index contributed by atoms with van der Waals surface area (Å²) < 4.78 is 4.60. The fraction of sp³-hybridized carbons (Fsp3) is 0.364. The molecule has 0 aliphatic heterocycles. The summed E-state index contributed by atoms with van der Waals surface area (Å²) in [5.74, 6) is -0.0211. The lowest BCUT2D eigenvalue weighted by molar-refractivity contribution is -0.140. The lowest BCUT2D eigenvalue weighted by atomic mass is 9.98. The summed E-state index contributed by atoms with van der Waals surface area (Å²) in [5.41, 5.74) is 1.10. The van der Waals surface area contributed by atoms with E-state index in [-0.39, 0.29) is 11.9 Å². The molecule has 14 heavy (non-hydrogen) atoms. The van der Waals surface area contributed by atoms with Gasteiger partial charge in [-0.25, -0.2) is 0 Å². The number of methoxy groups -OCH3 is 1. The molecule has 1 aromatic rings. The van der Waals surface area contributed by atoms with E-state index < -0.39 is 0 Å². The molecule has 3 heteroatoms. The van der Waals surface area contributed by atoms with Crippen LogP contribution in [0.1, 0.15) is 24.8 Å². The Morgan fingerprint density at radius 2 is 2.00 bits per heavy atom. The van der Waals surface area contributed by atoms with Gasteiger partial charge in [0.15, 0.2) is 0 Å². The van der Waals surface area contributed by atoms with Crippen molar-refractivity contribution < 1.29 is 9.53 Å². The zero-order chi connectivity index (χ0) is 10.6. The second-order valence-electron chi connectivity index (χ2n) is 3.23. The molecule has 0 radical (unpaired) electrons. The fourth-order valence-electron chi connectivity index (χ4n) is 1.24. The molecule has 0 amide bonds. The molecule has 1 atom stereocenters. The van der Waals surface area contributed by atoms with E-state index >= 15 is 0 Å². The van der Waals surface area contributed by atoms with E-state index in [9.17, 15) is 4.79 Å². The molecule has 0 aliphatic rings. The van der Waals surface area contributed by atoms with Crippen LogP contribution in [-0.2, 0) is 9.53 Å². The zero-order valence-corrected chi connectivity index (χ0v) is 9.04. The molecule has 0 spiro atoms. The van der Waals surface area contributed by atoms with E-state index in [0.717, 1.165) is 5.56 Å². The van der Waals surface area contributed by atoms with Gasteiger partial charge in [-0.2, -0.15) is 0 Å². The van der Waals surface area contributed by atoms with Gasteiger partial charge in [-0.1, -0.05) is 30.7 Å². The Morgan fingerprint density at radius 1 is 1.43 bits per heavy atom. The number of ether oxygens (including phenoxy) is 1. The van der Waals surface area contributed by atoms with Crippen molar-refractivity contribution in [3.8, 4) is 0 Å². The van der Waals surface area contributed by atoms with Crippen molar-refractivity contribution in [3.63, 3.8) is 0 Å². The number of benzene rings is 1. The first-order valence-electron chi connectivity index (χ1n) is 4.45. The Labute approximate surface area is 88.8 Å². The normalized spacial score (nSPS) is 12.2. The molecule has 0 saturated heterocycles. The predicted octanol–water partition coefficient (Wildman–Crippen LogP) is 3.01. The highest BCUT2D eigenvalue weighted by Crippen LogP contribution is 2.21. The van der Waals surface area contributed by atoms with Gasteiger partial charge in [0.25, 0.3) is 0 Å². The third kappa shape index (κ3) is 3.04. The van der Waals surface area contributed by atoms with Gasteiger partial charge >= 0.3 is 5.97 Å². The summed E-state index contributed by atoms with van der Waals surface area (Å²) in [5, 5.41) is 0.707. The van der Waals surface area contributed by atoms with Gasteiger partial charge in [-0.05, 0) is 23.6 Å². The van der Waals surface area contributed by atoms with Crippen LogP contribution in [0, 0.1) is 0 Å². The fourth-order valence-corrected chi connectivity index (χ4v) is 1.37. The number of esters is 1. The Bertz CT molecular complexity index is 306. The maximum atomic E-state index is 11.0. The molecule has 1 unspecified atom stereocenters. The Morgan fingerprint density at radius 3 is 2.50 bits per heavy atom. The summed E-state index contributed by atoms with van der Waals surface area (Å²) in [6.45, 7) is 1.99. The Kier molecular flexibility index (Phi) is 3.96. The molecule has 0 fully saturated rings. The first kappa shape index (κ1) is 11.1. The second-order valence-corrected chi connectivity index (χ2v) is 3.67. The maximum absolute atomic E-state index is 11.0. The van der Waals surface area contributed by atoms with Gasteiger partial charge in [0.1, 0.15) is 0 Å². The summed E-state index contributed by atoms with van der Waals surface area (Å²) >= 11 is 5.76. The monoisotopic (exact) mass is 212 g/mol. The van der Waals surface area contributed by atoms with E-state index in [1.54, 1.807) is 0 Å². The van der Waals surface area contributed by atoms with Crippen LogP contribution in [0.25, 0.3) is 0 Å². The summed E-state index contributed by atoms with van der Waals surface area (Å²) in [6.07, 6.45) is 0.401. The highest BCUT2D eigenvalue weighted by Gasteiger charge is 2.10. The van der Waals surface area contributed by atoms with Crippen molar-refractivity contribution >= 4 is 17.6 Å². The van der Waals surface area contributed by atoms with Crippen molar-refractivity contribution in [3.05, 3.63) is 34.9 Å². The molecule has 2 nitrogen and oxygen atoms in total. The molecule has 0 aromatic heterocycles. The van der Waals surface area contributed by atoms with Crippen LogP contribution in [0.5, 0.6) is 0 Å². The van der Waals surface area contributed by atoms with Crippen LogP contribution >= 0.6 is 11.6 Å². The van der Waals surface area contributed by atoms with E-state index in [1.807, 2.05) is 31.2 Å². The molecular formula is C11H13ClO2. The number of carbonyl (C=O) groups is 1. The van der Waals surface area contributed by atoms with Gasteiger partial charge < -0.3 is 4.74 Å². The largest absolute Gasteiger partial charge is 0.469 e. The van der Waals surface area contributed by atoms with Gasteiger partial charge in [-0.3, -0.25) is 4.79 Å². The molecule has 76 valence electrons. The minimum absolute atomic E-state index is 0.166. The Hall–Kier alpha value is -1.02. The lowest BCUT2D eigenvalue weighted by Crippen LogP contribution is -2.05. The molecule has 0 bridgehead atoms. The number of rotatable bonds is 3. The molecule has 0 saturated carbocycles. The average Bonchev–Trinajstić information content (AvgIpc) is 2.18. The molecule has 0 N–H and O–H groups in total. The SMILES string of the molecule is COC(=O)CC(C)c1ccc(Cl)cc1. The topological polar surface area (TPSA) is 26.3 Å². The van der Waals surface area contributed by atoms with Crippen molar-refractivity contribution in [1.29, 1.82) is 0 Å². The first-order valence-corrected chi connectivity index (χ1v) is 4.83. The van der Waals surface area contributed by atoms with E-state index in [4.69, 9.17) is 11.6 Å². The van der Waals surface area contributed by atoms with Crippen LogP contribution < -0.4 is 0 Å². The highest BCUT2D eigenvalue weighted by atomic mass is 35.5. The van der Waals surface area contributed by atoms with Crippen molar-refractivity contribution in [1.82, 2.24) is 0 Å². The lowest BCUT2D eigenvalue weighted by Gasteiger charge is -2.09. The molecule has 1 rings (SSSR count).